The molecule has 6 nitrogen and oxygen atoms in total. The van der Waals surface area contributed by atoms with E-state index in [9.17, 15) is 9.59 Å². The molecule has 0 unspecified atom stereocenters. The number of hydrogen-bond donors (Lipinski definition) is 0. The first-order valence-electron chi connectivity index (χ1n) is 8.96. The van der Waals surface area contributed by atoms with E-state index in [-0.39, 0.29) is 19.3 Å². The molecule has 0 spiro atoms. The number of esters is 1. The molecule has 5 rings (SSSR count). The minimum atomic E-state index is -0.593. The number of hydrogen-bond acceptors (Lipinski definition) is 6. The summed E-state index contributed by atoms with van der Waals surface area (Å²) in [5.74, 6) is 0.155. The highest BCUT2D eigenvalue weighted by Crippen LogP contribution is 2.47. The van der Waals surface area contributed by atoms with E-state index in [0.717, 1.165) is 21.2 Å². The number of fused-ring (bicyclic) bond motifs is 3. The molecule has 29 heavy (non-hydrogen) atoms. The monoisotopic (exact) mass is 405 g/mol. The summed E-state index contributed by atoms with van der Waals surface area (Å²) in [7, 11) is 0. The number of rotatable bonds is 3. The summed E-state index contributed by atoms with van der Waals surface area (Å²) in [5.41, 5.74) is 1.86. The highest BCUT2D eigenvalue weighted by atomic mass is 32.2. The zero-order valence-corrected chi connectivity index (χ0v) is 16.0. The number of amides is 1. The van der Waals surface area contributed by atoms with E-state index in [1.54, 1.807) is 34.9 Å². The van der Waals surface area contributed by atoms with Crippen LogP contribution in [0.15, 0.2) is 76.5 Å². The van der Waals surface area contributed by atoms with Gasteiger partial charge in [-0.05, 0) is 42.5 Å². The maximum Gasteiger partial charge on any atom is 0.338 e. The normalized spacial score (nSPS) is 13.4. The number of anilines is 2. The highest BCUT2D eigenvalue weighted by molar-refractivity contribution is 7.99. The molecule has 0 saturated carbocycles. The lowest BCUT2D eigenvalue weighted by atomic mass is 10.2. The SMILES string of the molecule is O=C(OCC(=O)N1c2ccccc2Sc2ccccc21)c1ccc2c(c1)OCO2. The van der Waals surface area contributed by atoms with Gasteiger partial charge < -0.3 is 14.2 Å². The molecule has 7 heteroatoms. The highest BCUT2D eigenvalue weighted by Gasteiger charge is 2.28. The fourth-order valence-electron chi connectivity index (χ4n) is 3.27. The molecule has 0 N–H and O–H groups in total. The summed E-state index contributed by atoms with van der Waals surface area (Å²) >= 11 is 1.61. The van der Waals surface area contributed by atoms with Crippen molar-refractivity contribution in [3.63, 3.8) is 0 Å². The van der Waals surface area contributed by atoms with E-state index < -0.39 is 5.97 Å². The largest absolute Gasteiger partial charge is 0.454 e. The van der Waals surface area contributed by atoms with Crippen LogP contribution in [0, 0.1) is 0 Å². The minimum Gasteiger partial charge on any atom is -0.454 e. The van der Waals surface area contributed by atoms with Crippen LogP contribution in [0.1, 0.15) is 10.4 Å². The van der Waals surface area contributed by atoms with Crippen molar-refractivity contribution in [1.29, 1.82) is 0 Å². The molecule has 0 bridgehead atoms. The standard InChI is InChI=1S/C22H15NO5S/c24-21(12-26-22(25)14-9-10-17-18(11-14)28-13-27-17)23-15-5-1-3-7-19(15)29-20-8-4-2-6-16(20)23/h1-11H,12-13H2. The van der Waals surface area contributed by atoms with Crippen molar-refractivity contribution in [1.82, 2.24) is 0 Å². The van der Waals surface area contributed by atoms with Gasteiger partial charge in [0.1, 0.15) is 0 Å². The van der Waals surface area contributed by atoms with Gasteiger partial charge in [0.25, 0.3) is 5.91 Å². The first kappa shape index (κ1) is 17.6. The van der Waals surface area contributed by atoms with Crippen molar-refractivity contribution < 1.29 is 23.8 Å². The van der Waals surface area contributed by atoms with Gasteiger partial charge in [0.15, 0.2) is 18.1 Å². The Morgan fingerprint density at radius 3 is 2.28 bits per heavy atom. The van der Waals surface area contributed by atoms with E-state index in [1.807, 2.05) is 48.5 Å². The quantitative estimate of drug-likeness (QED) is 0.602. The molecule has 1 amide bonds. The van der Waals surface area contributed by atoms with Crippen LogP contribution in [0.2, 0.25) is 0 Å². The van der Waals surface area contributed by atoms with Crippen molar-refractivity contribution >= 4 is 35.0 Å². The van der Waals surface area contributed by atoms with Gasteiger partial charge in [-0.1, -0.05) is 36.0 Å². The average molecular weight is 405 g/mol. The summed E-state index contributed by atoms with van der Waals surface area (Å²) < 4.78 is 15.8. The molecule has 2 heterocycles. The summed E-state index contributed by atoms with van der Waals surface area (Å²) in [6, 6.07) is 20.1. The van der Waals surface area contributed by atoms with Gasteiger partial charge in [-0.15, -0.1) is 0 Å². The van der Waals surface area contributed by atoms with Gasteiger partial charge in [0.2, 0.25) is 6.79 Å². The Kier molecular flexibility index (Phi) is 4.37. The van der Waals surface area contributed by atoms with E-state index in [4.69, 9.17) is 14.2 Å². The number of ether oxygens (including phenoxy) is 3. The molecule has 0 fully saturated rings. The van der Waals surface area contributed by atoms with Gasteiger partial charge in [-0.25, -0.2) is 4.79 Å². The number of benzene rings is 3. The van der Waals surface area contributed by atoms with E-state index in [2.05, 4.69) is 0 Å². The molecule has 0 atom stereocenters. The third-order valence-corrected chi connectivity index (χ3v) is 5.75. The lowest BCUT2D eigenvalue weighted by Gasteiger charge is -2.30. The molecule has 0 aromatic heterocycles. The van der Waals surface area contributed by atoms with Gasteiger partial charge in [-0.2, -0.15) is 0 Å². The smallest absolute Gasteiger partial charge is 0.338 e. The predicted molar refractivity (Wildman–Crippen MR) is 107 cm³/mol. The van der Waals surface area contributed by atoms with Crippen LogP contribution in [-0.4, -0.2) is 25.3 Å². The average Bonchev–Trinajstić information content (AvgIpc) is 3.23. The number of carbonyl (C=O) groups excluding carboxylic acids is 2. The fraction of sp³-hybridized carbons (Fsp3) is 0.0909. The third-order valence-electron chi connectivity index (χ3n) is 4.62. The molecular weight excluding hydrogens is 390 g/mol. The Morgan fingerprint density at radius 2 is 1.55 bits per heavy atom. The maximum atomic E-state index is 13.0. The summed E-state index contributed by atoms with van der Waals surface area (Å²) in [6.45, 7) is -0.251. The third kappa shape index (κ3) is 3.19. The minimum absolute atomic E-state index is 0.123. The van der Waals surface area contributed by atoms with E-state index >= 15 is 0 Å². The molecule has 2 aliphatic rings. The number of para-hydroxylation sites is 2. The topological polar surface area (TPSA) is 65.1 Å². The molecule has 144 valence electrons. The zero-order valence-electron chi connectivity index (χ0n) is 15.2. The Bertz CT molecular complexity index is 1080. The van der Waals surface area contributed by atoms with Crippen molar-refractivity contribution in [2.75, 3.05) is 18.3 Å². The van der Waals surface area contributed by atoms with Crippen molar-refractivity contribution in [2.45, 2.75) is 9.79 Å². The van der Waals surface area contributed by atoms with Crippen LogP contribution in [0.5, 0.6) is 11.5 Å². The summed E-state index contributed by atoms with van der Waals surface area (Å²) in [6.07, 6.45) is 0. The van der Waals surface area contributed by atoms with Crippen LogP contribution in [0.25, 0.3) is 0 Å². The lowest BCUT2D eigenvalue weighted by molar-refractivity contribution is -0.121. The van der Waals surface area contributed by atoms with E-state index in [0.29, 0.717) is 17.1 Å². The Morgan fingerprint density at radius 1 is 0.897 bits per heavy atom. The Labute approximate surface area is 171 Å². The number of carbonyl (C=O) groups is 2. The first-order chi connectivity index (χ1) is 14.2. The lowest BCUT2D eigenvalue weighted by Crippen LogP contribution is -2.32. The molecule has 2 aliphatic heterocycles. The molecular formula is C22H15NO5S. The van der Waals surface area contributed by atoms with Crippen LogP contribution in [0.4, 0.5) is 11.4 Å². The first-order valence-corrected chi connectivity index (χ1v) is 9.78. The molecule has 0 aliphatic carbocycles. The summed E-state index contributed by atoms with van der Waals surface area (Å²) in [4.78, 5) is 29.0. The second kappa shape index (κ2) is 7.18. The Hall–Kier alpha value is -3.45. The van der Waals surface area contributed by atoms with Gasteiger partial charge in [-0.3, -0.25) is 9.69 Å². The molecule has 3 aromatic carbocycles. The Balaban J connectivity index is 1.37. The zero-order chi connectivity index (χ0) is 19.8. The van der Waals surface area contributed by atoms with Crippen LogP contribution < -0.4 is 14.4 Å². The second-order valence-electron chi connectivity index (χ2n) is 6.41. The van der Waals surface area contributed by atoms with Gasteiger partial charge >= 0.3 is 5.97 Å². The number of nitrogens with zero attached hydrogens (tertiary/aromatic N) is 1. The van der Waals surface area contributed by atoms with Crippen molar-refractivity contribution in [3.8, 4) is 11.5 Å². The van der Waals surface area contributed by atoms with Crippen LogP contribution >= 0.6 is 11.8 Å². The molecule has 0 saturated heterocycles. The van der Waals surface area contributed by atoms with Crippen LogP contribution in [-0.2, 0) is 9.53 Å². The second-order valence-corrected chi connectivity index (χ2v) is 7.49. The molecule has 3 aromatic rings. The predicted octanol–water partition coefficient (Wildman–Crippen LogP) is 4.40. The van der Waals surface area contributed by atoms with Crippen molar-refractivity contribution in [2.24, 2.45) is 0 Å². The van der Waals surface area contributed by atoms with Gasteiger partial charge in [0.05, 0.1) is 16.9 Å². The van der Waals surface area contributed by atoms with Gasteiger partial charge in [0, 0.05) is 9.79 Å². The fourth-order valence-corrected chi connectivity index (χ4v) is 4.33. The molecule has 0 radical (unpaired) electrons. The van der Waals surface area contributed by atoms with Crippen LogP contribution in [0.3, 0.4) is 0 Å². The van der Waals surface area contributed by atoms with E-state index in [1.165, 1.54) is 0 Å². The maximum absolute atomic E-state index is 13.0. The summed E-state index contributed by atoms with van der Waals surface area (Å²) in [5, 5.41) is 0. The van der Waals surface area contributed by atoms with Crippen molar-refractivity contribution in [3.05, 3.63) is 72.3 Å².